The first-order valence-corrected chi connectivity index (χ1v) is 13.0. The average molecular weight is 593 g/mol. The molecule has 42 heavy (non-hydrogen) atoms. The van der Waals surface area contributed by atoms with Crippen LogP contribution in [0.25, 0.3) is 16.9 Å². The second-order valence-corrected chi connectivity index (χ2v) is 10.4. The number of imidazole rings is 1. The van der Waals surface area contributed by atoms with Crippen molar-refractivity contribution in [1.82, 2.24) is 14.7 Å². The van der Waals surface area contributed by atoms with Gasteiger partial charge in [-0.1, -0.05) is 6.07 Å². The Morgan fingerprint density at radius 2 is 1.69 bits per heavy atom. The first-order valence-electron chi connectivity index (χ1n) is 13.0. The van der Waals surface area contributed by atoms with E-state index in [-0.39, 0.29) is 28.6 Å². The number of halogens is 6. The summed E-state index contributed by atoms with van der Waals surface area (Å²) in [6.07, 6.45) is -5.34. The third kappa shape index (κ3) is 7.07. The standard InChI is InChI=1S/C29H26F6N4O3/c1-17-13-18(3-8-22(17)26(40)38-27(2)9-10-27)24-15-37-25-23(36-12-11-28(30,31)32)14-21(16-39(24)25)41-19-4-6-20(7-5-19)42-29(33,34)35/h3-8,13-16,36H,9-12H2,1-2H3,(H,38,40). The molecule has 0 spiro atoms. The number of benzene rings is 2. The van der Waals surface area contributed by atoms with Crippen LogP contribution in [0.5, 0.6) is 17.2 Å². The van der Waals surface area contributed by atoms with Crippen molar-refractivity contribution in [3.05, 3.63) is 72.1 Å². The smallest absolute Gasteiger partial charge is 0.456 e. The van der Waals surface area contributed by atoms with Crippen LogP contribution < -0.4 is 20.1 Å². The average Bonchev–Trinajstić information content (AvgIpc) is 3.44. The van der Waals surface area contributed by atoms with Crippen LogP contribution in [-0.4, -0.2) is 39.9 Å². The fraction of sp³-hybridized carbons (Fsp3) is 0.310. The van der Waals surface area contributed by atoms with Crippen molar-refractivity contribution in [3.63, 3.8) is 0 Å². The Hall–Kier alpha value is -4.42. The second-order valence-electron chi connectivity index (χ2n) is 10.4. The van der Waals surface area contributed by atoms with E-state index >= 15 is 0 Å². The first-order chi connectivity index (χ1) is 19.7. The summed E-state index contributed by atoms with van der Waals surface area (Å²) in [5, 5.41) is 5.78. The van der Waals surface area contributed by atoms with Crippen molar-refractivity contribution in [2.75, 3.05) is 11.9 Å². The lowest BCUT2D eigenvalue weighted by Gasteiger charge is -2.15. The molecule has 1 aliphatic carbocycles. The van der Waals surface area contributed by atoms with E-state index in [0.717, 1.165) is 30.5 Å². The van der Waals surface area contributed by atoms with Crippen LogP contribution in [0, 0.1) is 6.92 Å². The lowest BCUT2D eigenvalue weighted by atomic mass is 10.0. The van der Waals surface area contributed by atoms with E-state index in [9.17, 15) is 31.1 Å². The highest BCUT2D eigenvalue weighted by Gasteiger charge is 2.39. The SMILES string of the molecule is Cc1cc(-c2cnc3c(NCCC(F)(F)F)cc(Oc4ccc(OC(F)(F)F)cc4)cn23)ccc1C(=O)NC1(C)CC1. The number of nitrogens with zero attached hydrogens (tertiary/aromatic N) is 2. The molecule has 7 nitrogen and oxygen atoms in total. The number of hydrogen-bond donors (Lipinski definition) is 2. The molecule has 222 valence electrons. The number of hydrogen-bond acceptors (Lipinski definition) is 5. The van der Waals surface area contributed by atoms with Crippen molar-refractivity contribution >= 4 is 17.2 Å². The zero-order valence-electron chi connectivity index (χ0n) is 22.5. The zero-order chi connectivity index (χ0) is 30.3. The largest absolute Gasteiger partial charge is 0.573 e. The molecule has 0 unspecified atom stereocenters. The van der Waals surface area contributed by atoms with Crippen molar-refractivity contribution in [2.24, 2.45) is 0 Å². The summed E-state index contributed by atoms with van der Waals surface area (Å²) >= 11 is 0. The monoisotopic (exact) mass is 592 g/mol. The number of carbonyl (C=O) groups is 1. The number of aryl methyl sites for hydroxylation is 1. The highest BCUT2D eigenvalue weighted by Crippen LogP contribution is 2.36. The van der Waals surface area contributed by atoms with Crippen molar-refractivity contribution < 1.29 is 40.6 Å². The van der Waals surface area contributed by atoms with Gasteiger partial charge in [-0.05, 0) is 68.7 Å². The molecule has 1 fully saturated rings. The van der Waals surface area contributed by atoms with E-state index in [1.165, 1.54) is 18.2 Å². The molecule has 1 saturated carbocycles. The number of carbonyl (C=O) groups excluding carboxylic acids is 1. The molecule has 0 radical (unpaired) electrons. The van der Waals surface area contributed by atoms with Gasteiger partial charge in [-0.25, -0.2) is 4.98 Å². The molecular formula is C29H26F6N4O3. The predicted octanol–water partition coefficient (Wildman–Crippen LogP) is 7.65. The number of pyridine rings is 1. The van der Waals surface area contributed by atoms with Gasteiger partial charge in [-0.2, -0.15) is 13.2 Å². The Morgan fingerprint density at radius 3 is 2.31 bits per heavy atom. The van der Waals surface area contributed by atoms with Gasteiger partial charge in [0.1, 0.15) is 17.2 Å². The summed E-state index contributed by atoms with van der Waals surface area (Å²) in [6.45, 7) is 3.37. The number of ether oxygens (including phenoxy) is 2. The zero-order valence-corrected chi connectivity index (χ0v) is 22.5. The molecule has 1 amide bonds. The number of amides is 1. The quantitative estimate of drug-likeness (QED) is 0.195. The molecule has 2 heterocycles. The molecule has 2 aromatic carbocycles. The number of alkyl halides is 6. The summed E-state index contributed by atoms with van der Waals surface area (Å²) in [5.41, 5.74) is 2.92. The molecular weight excluding hydrogens is 566 g/mol. The third-order valence-corrected chi connectivity index (χ3v) is 6.78. The minimum Gasteiger partial charge on any atom is -0.456 e. The van der Waals surface area contributed by atoms with Gasteiger partial charge in [0.15, 0.2) is 5.65 Å². The van der Waals surface area contributed by atoms with Gasteiger partial charge < -0.3 is 20.1 Å². The summed E-state index contributed by atoms with van der Waals surface area (Å²) < 4.78 is 87.3. The summed E-state index contributed by atoms with van der Waals surface area (Å²) in [7, 11) is 0. The molecule has 2 N–H and O–H groups in total. The Morgan fingerprint density at radius 1 is 1.00 bits per heavy atom. The summed E-state index contributed by atoms with van der Waals surface area (Å²) in [5.74, 6) is -0.250. The molecule has 0 atom stereocenters. The van der Waals surface area contributed by atoms with Crippen molar-refractivity contribution in [3.8, 4) is 28.5 Å². The van der Waals surface area contributed by atoms with E-state index in [1.807, 2.05) is 19.9 Å². The number of fused-ring (bicyclic) bond motifs is 1. The Kier molecular flexibility index (Phi) is 7.46. The maximum absolute atomic E-state index is 12.8. The van der Waals surface area contributed by atoms with E-state index in [0.29, 0.717) is 22.5 Å². The van der Waals surface area contributed by atoms with Crippen LogP contribution in [0.3, 0.4) is 0 Å². The van der Waals surface area contributed by atoms with Crippen LogP contribution in [0.15, 0.2) is 60.9 Å². The molecule has 13 heteroatoms. The number of nitrogens with one attached hydrogen (secondary N) is 2. The van der Waals surface area contributed by atoms with E-state index < -0.39 is 31.3 Å². The van der Waals surface area contributed by atoms with E-state index in [2.05, 4.69) is 20.4 Å². The van der Waals surface area contributed by atoms with Gasteiger partial charge in [0, 0.05) is 29.3 Å². The normalized spacial score (nSPS) is 14.5. The van der Waals surface area contributed by atoms with Crippen LogP contribution in [0.2, 0.25) is 0 Å². The lowest BCUT2D eigenvalue weighted by molar-refractivity contribution is -0.274. The molecule has 4 aromatic rings. The predicted molar refractivity (Wildman–Crippen MR) is 143 cm³/mol. The van der Waals surface area contributed by atoms with Gasteiger partial charge >= 0.3 is 12.5 Å². The maximum Gasteiger partial charge on any atom is 0.573 e. The fourth-order valence-corrected chi connectivity index (χ4v) is 4.38. The lowest BCUT2D eigenvalue weighted by Crippen LogP contribution is -2.34. The highest BCUT2D eigenvalue weighted by atomic mass is 19.4. The fourth-order valence-electron chi connectivity index (χ4n) is 4.38. The van der Waals surface area contributed by atoms with Gasteiger partial charge in [0.05, 0.1) is 30.2 Å². The topological polar surface area (TPSA) is 76.9 Å². The maximum atomic E-state index is 12.8. The molecule has 5 rings (SSSR count). The molecule has 0 saturated heterocycles. The minimum atomic E-state index is -4.85. The first kappa shape index (κ1) is 29.1. The third-order valence-electron chi connectivity index (χ3n) is 6.78. The van der Waals surface area contributed by atoms with E-state index in [1.54, 1.807) is 28.9 Å². The Bertz CT molecular complexity index is 1610. The molecule has 0 aliphatic heterocycles. The van der Waals surface area contributed by atoms with E-state index in [4.69, 9.17) is 4.74 Å². The molecule has 0 bridgehead atoms. The Labute approximate surface area is 236 Å². The van der Waals surface area contributed by atoms with Crippen LogP contribution in [0.1, 0.15) is 42.1 Å². The van der Waals surface area contributed by atoms with Gasteiger partial charge in [0.2, 0.25) is 0 Å². The van der Waals surface area contributed by atoms with Crippen LogP contribution in [-0.2, 0) is 0 Å². The minimum absolute atomic E-state index is 0.169. The van der Waals surface area contributed by atoms with Crippen LogP contribution in [0.4, 0.5) is 32.0 Å². The van der Waals surface area contributed by atoms with Crippen molar-refractivity contribution in [2.45, 2.75) is 51.2 Å². The van der Waals surface area contributed by atoms with Gasteiger partial charge in [0.25, 0.3) is 5.91 Å². The highest BCUT2D eigenvalue weighted by molar-refractivity contribution is 5.97. The Balaban J connectivity index is 1.47. The number of aromatic nitrogens is 2. The second kappa shape index (κ2) is 10.8. The van der Waals surface area contributed by atoms with Crippen LogP contribution >= 0.6 is 0 Å². The van der Waals surface area contributed by atoms with Gasteiger partial charge in [-0.15, -0.1) is 13.2 Å². The summed E-state index contributed by atoms with van der Waals surface area (Å²) in [4.78, 5) is 17.2. The van der Waals surface area contributed by atoms with Gasteiger partial charge in [-0.3, -0.25) is 9.20 Å². The van der Waals surface area contributed by atoms with Crippen molar-refractivity contribution in [1.29, 1.82) is 0 Å². The molecule has 2 aromatic heterocycles. The number of rotatable bonds is 9. The number of anilines is 1. The molecule has 1 aliphatic rings. The summed E-state index contributed by atoms with van der Waals surface area (Å²) in [6, 6.07) is 11.4.